The summed E-state index contributed by atoms with van der Waals surface area (Å²) >= 11 is 0. The van der Waals surface area contributed by atoms with E-state index in [4.69, 9.17) is 0 Å². The summed E-state index contributed by atoms with van der Waals surface area (Å²) in [4.78, 5) is 5.14. The van der Waals surface area contributed by atoms with Crippen LogP contribution in [-0.2, 0) is 0 Å². The first-order chi connectivity index (χ1) is 9.94. The average Bonchev–Trinajstić information content (AvgIpc) is 2.43. The molecule has 1 aliphatic heterocycles. The van der Waals surface area contributed by atoms with Gasteiger partial charge in [0, 0.05) is 18.6 Å². The summed E-state index contributed by atoms with van der Waals surface area (Å²) < 4.78 is 0. The van der Waals surface area contributed by atoms with Gasteiger partial charge in [0.1, 0.15) is 0 Å². The van der Waals surface area contributed by atoms with Crippen LogP contribution in [0.15, 0.2) is 0 Å². The first-order valence-corrected chi connectivity index (χ1v) is 9.06. The molecule has 124 valence electrons. The minimum Gasteiger partial charge on any atom is -0.313 e. The van der Waals surface area contributed by atoms with Crippen LogP contribution >= 0.6 is 0 Å². The largest absolute Gasteiger partial charge is 0.313 e. The van der Waals surface area contributed by atoms with E-state index in [1.165, 1.54) is 51.7 Å². The maximum Gasteiger partial charge on any atom is 0.0159 e. The quantitative estimate of drug-likeness (QED) is 0.841. The van der Waals surface area contributed by atoms with E-state index in [2.05, 4.69) is 50.0 Å². The number of hydrogen-bond donors (Lipinski definition) is 1. The van der Waals surface area contributed by atoms with Gasteiger partial charge in [-0.25, -0.2) is 0 Å². The van der Waals surface area contributed by atoms with Crippen LogP contribution in [0.4, 0.5) is 0 Å². The van der Waals surface area contributed by atoms with E-state index >= 15 is 0 Å². The fourth-order valence-electron chi connectivity index (χ4n) is 4.59. The van der Waals surface area contributed by atoms with E-state index in [1.807, 2.05) is 0 Å². The van der Waals surface area contributed by atoms with Gasteiger partial charge in [0.15, 0.2) is 0 Å². The van der Waals surface area contributed by atoms with Crippen molar-refractivity contribution in [1.82, 2.24) is 15.1 Å². The van der Waals surface area contributed by atoms with Crippen LogP contribution in [0.25, 0.3) is 0 Å². The van der Waals surface area contributed by atoms with Crippen molar-refractivity contribution < 1.29 is 0 Å². The molecule has 0 radical (unpaired) electrons. The number of hydrogen-bond acceptors (Lipinski definition) is 3. The molecule has 3 heteroatoms. The van der Waals surface area contributed by atoms with Gasteiger partial charge in [0.2, 0.25) is 0 Å². The molecule has 0 aromatic rings. The molecule has 1 N–H and O–H groups in total. The fraction of sp³-hybridized carbons (Fsp3) is 1.00. The Labute approximate surface area is 132 Å². The molecule has 0 aromatic heterocycles. The van der Waals surface area contributed by atoms with Crippen molar-refractivity contribution >= 4 is 0 Å². The van der Waals surface area contributed by atoms with Crippen molar-refractivity contribution in [3.05, 3.63) is 0 Å². The lowest BCUT2D eigenvalue weighted by Gasteiger charge is -2.47. The minimum atomic E-state index is 0.451. The number of likely N-dealkylation sites (tertiary alicyclic amines) is 1. The lowest BCUT2D eigenvalue weighted by Crippen LogP contribution is -2.54. The Morgan fingerprint density at radius 1 is 1.19 bits per heavy atom. The van der Waals surface area contributed by atoms with E-state index in [0.29, 0.717) is 11.5 Å². The lowest BCUT2D eigenvalue weighted by atomic mass is 9.67. The topological polar surface area (TPSA) is 18.5 Å². The van der Waals surface area contributed by atoms with E-state index in [9.17, 15) is 0 Å². The molecule has 2 rings (SSSR count). The highest BCUT2D eigenvalue weighted by molar-refractivity contribution is 4.94. The predicted molar refractivity (Wildman–Crippen MR) is 91.7 cm³/mol. The van der Waals surface area contributed by atoms with Gasteiger partial charge in [-0.05, 0) is 70.7 Å². The summed E-state index contributed by atoms with van der Waals surface area (Å²) in [6.07, 6.45) is 6.86. The first kappa shape index (κ1) is 17.2. The van der Waals surface area contributed by atoms with Crippen LogP contribution in [0, 0.1) is 11.3 Å². The third-order valence-electron chi connectivity index (χ3n) is 5.97. The third-order valence-corrected chi connectivity index (χ3v) is 5.97. The van der Waals surface area contributed by atoms with Gasteiger partial charge in [-0.2, -0.15) is 0 Å². The molecular weight excluding hydrogens is 258 g/mol. The maximum absolute atomic E-state index is 3.81. The Morgan fingerprint density at radius 3 is 2.48 bits per heavy atom. The van der Waals surface area contributed by atoms with Gasteiger partial charge < -0.3 is 15.1 Å². The molecule has 0 bridgehead atoms. The van der Waals surface area contributed by atoms with Crippen LogP contribution in [0.1, 0.15) is 52.9 Å². The predicted octanol–water partition coefficient (Wildman–Crippen LogP) is 2.82. The van der Waals surface area contributed by atoms with Gasteiger partial charge >= 0.3 is 0 Å². The van der Waals surface area contributed by atoms with Gasteiger partial charge in [0.05, 0.1) is 0 Å². The average molecular weight is 296 g/mol. The van der Waals surface area contributed by atoms with E-state index in [-0.39, 0.29) is 0 Å². The molecule has 0 amide bonds. The zero-order valence-electron chi connectivity index (χ0n) is 15.0. The van der Waals surface area contributed by atoms with Gasteiger partial charge in [-0.15, -0.1) is 0 Å². The third kappa shape index (κ3) is 4.43. The van der Waals surface area contributed by atoms with Gasteiger partial charge in [-0.3, -0.25) is 0 Å². The van der Waals surface area contributed by atoms with Crippen molar-refractivity contribution in [2.24, 2.45) is 11.3 Å². The monoisotopic (exact) mass is 295 g/mol. The molecule has 1 aliphatic carbocycles. The van der Waals surface area contributed by atoms with Crippen molar-refractivity contribution in [3.63, 3.8) is 0 Å². The molecular formula is C18H37N3. The fourth-order valence-corrected chi connectivity index (χ4v) is 4.59. The second kappa shape index (κ2) is 7.43. The Bertz CT molecular complexity index is 308. The zero-order chi connectivity index (χ0) is 15.5. The molecule has 2 fully saturated rings. The van der Waals surface area contributed by atoms with E-state index in [1.54, 1.807) is 0 Å². The standard InChI is InChI=1S/C18H37N3/c1-6-19-17-15(8-7-11-18(17,2)3)14-21(5)16-9-12-20(4)13-10-16/h15-17,19H,6-14H2,1-5H3. The Balaban J connectivity index is 1.92. The van der Waals surface area contributed by atoms with Gasteiger partial charge in [-0.1, -0.05) is 27.2 Å². The van der Waals surface area contributed by atoms with Crippen LogP contribution in [0.3, 0.4) is 0 Å². The highest BCUT2D eigenvalue weighted by atomic mass is 15.2. The molecule has 2 unspecified atom stereocenters. The Kier molecular flexibility index (Phi) is 6.10. The van der Waals surface area contributed by atoms with Crippen molar-refractivity contribution in [1.29, 1.82) is 0 Å². The lowest BCUT2D eigenvalue weighted by molar-refractivity contribution is 0.0620. The Morgan fingerprint density at radius 2 is 1.86 bits per heavy atom. The summed E-state index contributed by atoms with van der Waals surface area (Å²) in [7, 11) is 4.61. The molecule has 1 heterocycles. The van der Waals surface area contributed by atoms with Crippen LogP contribution in [0.5, 0.6) is 0 Å². The Hall–Kier alpha value is -0.120. The molecule has 0 aromatic carbocycles. The van der Waals surface area contributed by atoms with Crippen LogP contribution in [0.2, 0.25) is 0 Å². The minimum absolute atomic E-state index is 0.451. The number of rotatable bonds is 5. The molecule has 2 aliphatic rings. The van der Waals surface area contributed by atoms with Crippen LogP contribution < -0.4 is 5.32 Å². The number of piperidine rings is 1. The smallest absolute Gasteiger partial charge is 0.0159 e. The molecule has 0 spiro atoms. The SMILES string of the molecule is CCNC1C(CN(C)C2CCN(C)CC2)CCCC1(C)C. The molecule has 3 nitrogen and oxygen atoms in total. The maximum atomic E-state index is 3.81. The molecule has 1 saturated carbocycles. The molecule has 1 saturated heterocycles. The second-order valence-corrected chi connectivity index (χ2v) is 8.15. The summed E-state index contributed by atoms with van der Waals surface area (Å²) in [6, 6.07) is 1.48. The number of nitrogens with one attached hydrogen (secondary N) is 1. The summed E-state index contributed by atoms with van der Waals surface area (Å²) in [5.41, 5.74) is 0.451. The summed E-state index contributed by atoms with van der Waals surface area (Å²) in [6.45, 7) is 12.1. The van der Waals surface area contributed by atoms with Crippen molar-refractivity contribution in [2.45, 2.75) is 65.0 Å². The zero-order valence-corrected chi connectivity index (χ0v) is 15.0. The van der Waals surface area contributed by atoms with Crippen LogP contribution in [-0.4, -0.2) is 62.2 Å². The van der Waals surface area contributed by atoms with Gasteiger partial charge in [0.25, 0.3) is 0 Å². The van der Waals surface area contributed by atoms with E-state index in [0.717, 1.165) is 18.5 Å². The highest BCUT2D eigenvalue weighted by Crippen LogP contribution is 2.39. The molecule has 2 atom stereocenters. The summed E-state index contributed by atoms with van der Waals surface area (Å²) in [5.74, 6) is 0.818. The first-order valence-electron chi connectivity index (χ1n) is 9.06. The number of nitrogens with zero attached hydrogens (tertiary/aromatic N) is 2. The van der Waals surface area contributed by atoms with Crippen molar-refractivity contribution in [2.75, 3.05) is 40.3 Å². The summed E-state index contributed by atoms with van der Waals surface area (Å²) in [5, 5.41) is 3.81. The normalized spacial score (nSPS) is 31.7. The van der Waals surface area contributed by atoms with E-state index < -0.39 is 0 Å². The second-order valence-electron chi connectivity index (χ2n) is 8.15. The highest BCUT2D eigenvalue weighted by Gasteiger charge is 2.39. The molecule has 21 heavy (non-hydrogen) atoms. The van der Waals surface area contributed by atoms with Crippen molar-refractivity contribution in [3.8, 4) is 0 Å².